The first-order valence-electron chi connectivity index (χ1n) is 8.16. The fourth-order valence-corrected chi connectivity index (χ4v) is 2.84. The van der Waals surface area contributed by atoms with Gasteiger partial charge in [0.25, 0.3) is 5.91 Å². The Kier molecular flexibility index (Phi) is 5.61. The van der Waals surface area contributed by atoms with Crippen molar-refractivity contribution in [2.75, 3.05) is 14.2 Å². The van der Waals surface area contributed by atoms with E-state index in [1.807, 2.05) is 0 Å². The molecule has 0 spiro atoms. The number of carbonyl (C=O) groups excluding carboxylic acids is 2. The van der Waals surface area contributed by atoms with E-state index in [-0.39, 0.29) is 18.3 Å². The normalized spacial score (nSPS) is 16.2. The highest BCUT2D eigenvalue weighted by molar-refractivity contribution is 6.30. The summed E-state index contributed by atoms with van der Waals surface area (Å²) in [5, 5.41) is 5.72. The van der Waals surface area contributed by atoms with Crippen LogP contribution in [0.1, 0.15) is 28.4 Å². The molecule has 0 bridgehead atoms. The Morgan fingerprint density at radius 2 is 1.93 bits per heavy atom. The number of guanidine groups is 1. The van der Waals surface area contributed by atoms with Crippen LogP contribution in [0.3, 0.4) is 0 Å². The summed E-state index contributed by atoms with van der Waals surface area (Å²) in [6.07, 6.45) is 0.129. The zero-order valence-electron chi connectivity index (χ0n) is 14.8. The third-order valence-corrected chi connectivity index (χ3v) is 4.31. The van der Waals surface area contributed by atoms with Crippen LogP contribution in [0.15, 0.2) is 47.5 Å². The highest BCUT2D eigenvalue weighted by Crippen LogP contribution is 2.34. The average molecular weight is 388 g/mol. The summed E-state index contributed by atoms with van der Waals surface area (Å²) in [6, 6.07) is 11.2. The molecule has 2 aromatic carbocycles. The first kappa shape index (κ1) is 18.7. The Morgan fingerprint density at radius 1 is 1.19 bits per heavy atom. The molecule has 0 radical (unpaired) electrons. The maximum atomic E-state index is 12.4. The lowest BCUT2D eigenvalue weighted by Crippen LogP contribution is -2.47. The van der Waals surface area contributed by atoms with Gasteiger partial charge in [0.1, 0.15) is 11.5 Å². The molecule has 7 nitrogen and oxygen atoms in total. The molecule has 0 aromatic heterocycles. The summed E-state index contributed by atoms with van der Waals surface area (Å²) in [6.45, 7) is 0. The second-order valence-corrected chi connectivity index (χ2v) is 6.25. The molecule has 1 unspecified atom stereocenters. The lowest BCUT2D eigenvalue weighted by Gasteiger charge is -2.23. The monoisotopic (exact) mass is 387 g/mol. The number of hydrogen-bond acceptors (Lipinski definition) is 5. The number of methoxy groups -OCH3 is 2. The van der Waals surface area contributed by atoms with Gasteiger partial charge in [-0.3, -0.25) is 20.2 Å². The maximum Gasteiger partial charge on any atom is 0.257 e. The van der Waals surface area contributed by atoms with Crippen molar-refractivity contribution in [3.63, 3.8) is 0 Å². The molecule has 1 aliphatic rings. The van der Waals surface area contributed by atoms with Crippen LogP contribution in [0.4, 0.5) is 0 Å². The van der Waals surface area contributed by atoms with Gasteiger partial charge in [-0.05, 0) is 42.5 Å². The largest absolute Gasteiger partial charge is 0.497 e. The van der Waals surface area contributed by atoms with Crippen LogP contribution in [0.2, 0.25) is 5.02 Å². The number of benzene rings is 2. The minimum atomic E-state index is -0.510. The summed E-state index contributed by atoms with van der Waals surface area (Å²) in [5.74, 6) is 0.637. The molecule has 1 heterocycles. The van der Waals surface area contributed by atoms with E-state index >= 15 is 0 Å². The molecule has 2 aromatic rings. The van der Waals surface area contributed by atoms with Crippen LogP contribution >= 0.6 is 11.6 Å². The number of hydrogen-bond donors (Lipinski definition) is 2. The molecule has 1 atom stereocenters. The van der Waals surface area contributed by atoms with Crippen molar-refractivity contribution < 1.29 is 19.1 Å². The minimum absolute atomic E-state index is 0.0843. The van der Waals surface area contributed by atoms with Gasteiger partial charge in [-0.2, -0.15) is 0 Å². The minimum Gasteiger partial charge on any atom is -0.497 e. The fraction of sp³-hybridized carbons (Fsp3) is 0.211. The van der Waals surface area contributed by atoms with Crippen molar-refractivity contribution in [2.45, 2.75) is 12.5 Å². The molecule has 0 fully saturated rings. The van der Waals surface area contributed by atoms with Gasteiger partial charge in [0, 0.05) is 16.1 Å². The highest BCUT2D eigenvalue weighted by atomic mass is 35.5. The smallest absolute Gasteiger partial charge is 0.257 e. The number of nitrogens with zero attached hydrogens (tertiary/aromatic N) is 1. The Labute approximate surface area is 161 Å². The molecule has 0 aliphatic carbocycles. The molecule has 27 heavy (non-hydrogen) atoms. The van der Waals surface area contributed by atoms with E-state index in [4.69, 9.17) is 21.1 Å². The second kappa shape index (κ2) is 8.09. The number of carbonyl (C=O) groups is 2. The number of halogens is 1. The van der Waals surface area contributed by atoms with Crippen LogP contribution in [-0.2, 0) is 4.79 Å². The van der Waals surface area contributed by atoms with Gasteiger partial charge in [0.05, 0.1) is 26.7 Å². The van der Waals surface area contributed by atoms with Gasteiger partial charge in [-0.25, -0.2) is 4.99 Å². The van der Waals surface area contributed by atoms with E-state index in [9.17, 15) is 9.59 Å². The molecule has 3 rings (SSSR count). The summed E-state index contributed by atoms with van der Waals surface area (Å²) in [4.78, 5) is 29.0. The summed E-state index contributed by atoms with van der Waals surface area (Å²) >= 11 is 5.83. The van der Waals surface area contributed by atoms with Crippen molar-refractivity contribution in [2.24, 2.45) is 4.99 Å². The maximum absolute atomic E-state index is 12.4. The topological polar surface area (TPSA) is 89.0 Å². The molecule has 0 saturated heterocycles. The van der Waals surface area contributed by atoms with E-state index in [1.54, 1.807) is 56.7 Å². The molecule has 8 heteroatoms. The van der Waals surface area contributed by atoms with Crippen molar-refractivity contribution in [1.29, 1.82) is 0 Å². The molecule has 2 amide bonds. The van der Waals surface area contributed by atoms with E-state index in [2.05, 4.69) is 15.6 Å². The Balaban J connectivity index is 1.87. The van der Waals surface area contributed by atoms with E-state index in [1.165, 1.54) is 0 Å². The predicted molar refractivity (Wildman–Crippen MR) is 101 cm³/mol. The number of aliphatic imine (C=N–C) groups is 1. The molecular weight excluding hydrogens is 370 g/mol. The lowest BCUT2D eigenvalue weighted by atomic mass is 10.0. The van der Waals surface area contributed by atoms with Crippen molar-refractivity contribution in [1.82, 2.24) is 10.6 Å². The van der Waals surface area contributed by atoms with Gasteiger partial charge in [-0.1, -0.05) is 11.6 Å². The summed E-state index contributed by atoms with van der Waals surface area (Å²) < 4.78 is 10.6. The number of ether oxygens (including phenoxy) is 2. The van der Waals surface area contributed by atoms with Crippen molar-refractivity contribution >= 4 is 29.4 Å². The first-order valence-corrected chi connectivity index (χ1v) is 8.54. The molecule has 140 valence electrons. The van der Waals surface area contributed by atoms with Gasteiger partial charge < -0.3 is 9.47 Å². The number of rotatable bonds is 4. The SMILES string of the molecule is COc1ccc(OC)c(C2CC(=O)NC(NC(=O)c3ccc(Cl)cc3)=N2)c1. The average Bonchev–Trinajstić information content (AvgIpc) is 2.67. The van der Waals surface area contributed by atoms with Crippen LogP contribution in [0.25, 0.3) is 0 Å². The zero-order valence-corrected chi connectivity index (χ0v) is 15.5. The molecule has 2 N–H and O–H groups in total. The van der Waals surface area contributed by atoms with Crippen molar-refractivity contribution in [3.05, 3.63) is 58.6 Å². The number of amides is 2. The third kappa shape index (κ3) is 4.38. The van der Waals surface area contributed by atoms with E-state index in [0.717, 1.165) is 0 Å². The van der Waals surface area contributed by atoms with Gasteiger partial charge in [0.15, 0.2) is 0 Å². The Hall–Kier alpha value is -3.06. The molecular formula is C19H18ClN3O4. The summed E-state index contributed by atoms with van der Waals surface area (Å²) in [7, 11) is 3.10. The summed E-state index contributed by atoms with van der Waals surface area (Å²) in [5.41, 5.74) is 1.10. The van der Waals surface area contributed by atoms with Crippen molar-refractivity contribution in [3.8, 4) is 11.5 Å². The quantitative estimate of drug-likeness (QED) is 0.844. The van der Waals surface area contributed by atoms with Crippen LogP contribution in [-0.4, -0.2) is 32.0 Å². The van der Waals surface area contributed by atoms with Crippen LogP contribution in [0, 0.1) is 0 Å². The van der Waals surface area contributed by atoms with Crippen LogP contribution < -0.4 is 20.1 Å². The van der Waals surface area contributed by atoms with Gasteiger partial charge in [0.2, 0.25) is 11.9 Å². The first-order chi connectivity index (χ1) is 13.0. The standard InChI is InChI=1S/C19H18ClN3O4/c1-26-13-7-8-16(27-2)14(9-13)15-10-17(24)22-19(21-15)23-18(25)11-3-5-12(20)6-4-11/h3-9,15H,10H2,1-2H3,(H2,21,22,23,24,25). The van der Waals surface area contributed by atoms with Gasteiger partial charge >= 0.3 is 0 Å². The predicted octanol–water partition coefficient (Wildman–Crippen LogP) is 2.70. The van der Waals surface area contributed by atoms with Crippen LogP contribution in [0.5, 0.6) is 11.5 Å². The lowest BCUT2D eigenvalue weighted by molar-refractivity contribution is -0.120. The Morgan fingerprint density at radius 3 is 2.59 bits per heavy atom. The Bertz CT molecular complexity index is 896. The molecule has 0 saturated carbocycles. The number of nitrogens with one attached hydrogen (secondary N) is 2. The second-order valence-electron chi connectivity index (χ2n) is 5.81. The zero-order chi connectivity index (χ0) is 19.4. The van der Waals surface area contributed by atoms with E-state index in [0.29, 0.717) is 27.6 Å². The van der Waals surface area contributed by atoms with Gasteiger partial charge in [-0.15, -0.1) is 0 Å². The van der Waals surface area contributed by atoms with E-state index < -0.39 is 11.9 Å². The molecule has 1 aliphatic heterocycles. The highest BCUT2D eigenvalue weighted by Gasteiger charge is 2.26. The third-order valence-electron chi connectivity index (χ3n) is 4.06. The fourth-order valence-electron chi connectivity index (χ4n) is 2.72.